The van der Waals surface area contributed by atoms with Gasteiger partial charge < -0.3 is 4.74 Å². The molecule has 1 aromatic carbocycles. The lowest BCUT2D eigenvalue weighted by molar-refractivity contribution is 0.235. The lowest BCUT2D eigenvalue weighted by atomic mass is 10.2. The number of likely N-dealkylation sites (N-methyl/N-ethyl adjacent to an activating group) is 1. The molecule has 0 unspecified atom stereocenters. The summed E-state index contributed by atoms with van der Waals surface area (Å²) < 4.78 is 32.9. The third kappa shape index (κ3) is 4.55. The van der Waals surface area contributed by atoms with Crippen molar-refractivity contribution < 1.29 is 13.2 Å². The van der Waals surface area contributed by atoms with Gasteiger partial charge in [-0.05, 0) is 62.6 Å². The highest BCUT2D eigenvalue weighted by Crippen LogP contribution is 2.28. The largest absolute Gasteiger partial charge is 0.490 e. The number of nitrogens with zero attached hydrogens (tertiary/aromatic N) is 2. The van der Waals surface area contributed by atoms with E-state index in [0.717, 1.165) is 11.1 Å². The summed E-state index contributed by atoms with van der Waals surface area (Å²) in [5, 5.41) is 0. The number of pyridine rings is 1. The highest BCUT2D eigenvalue weighted by Gasteiger charge is 2.25. The van der Waals surface area contributed by atoms with Crippen molar-refractivity contribution in [3.8, 4) is 5.75 Å². The monoisotopic (exact) mass is 348 g/mol. The van der Waals surface area contributed by atoms with Crippen LogP contribution in [0.5, 0.6) is 5.75 Å². The number of hydrogen-bond acceptors (Lipinski definition) is 4. The van der Waals surface area contributed by atoms with Crippen LogP contribution in [0.25, 0.3) is 0 Å². The maximum atomic E-state index is 12.9. The summed E-state index contributed by atoms with van der Waals surface area (Å²) >= 11 is 0. The second-order valence-electron chi connectivity index (χ2n) is 6.05. The molecule has 1 heterocycles. The average Bonchev–Trinajstić information content (AvgIpc) is 2.54. The van der Waals surface area contributed by atoms with Crippen molar-refractivity contribution in [2.24, 2.45) is 0 Å². The van der Waals surface area contributed by atoms with Crippen LogP contribution in [0.3, 0.4) is 0 Å². The summed E-state index contributed by atoms with van der Waals surface area (Å²) in [6, 6.07) is 9.02. The number of sulfonamides is 1. The van der Waals surface area contributed by atoms with Gasteiger partial charge in [0.05, 0.1) is 6.10 Å². The summed E-state index contributed by atoms with van der Waals surface area (Å²) in [5.41, 5.74) is 1.93. The zero-order valence-corrected chi connectivity index (χ0v) is 15.4. The molecule has 0 atom stereocenters. The van der Waals surface area contributed by atoms with Crippen molar-refractivity contribution in [3.63, 3.8) is 0 Å². The van der Waals surface area contributed by atoms with Crippen LogP contribution in [-0.4, -0.2) is 37.4 Å². The Kier molecular flexibility index (Phi) is 5.96. The van der Waals surface area contributed by atoms with E-state index in [2.05, 4.69) is 4.98 Å². The van der Waals surface area contributed by atoms with Crippen LogP contribution >= 0.6 is 0 Å². The Labute approximate surface area is 144 Å². The first-order valence-corrected chi connectivity index (χ1v) is 9.37. The van der Waals surface area contributed by atoms with Gasteiger partial charge in [0.25, 0.3) is 0 Å². The second-order valence-corrected chi connectivity index (χ2v) is 8.06. The van der Waals surface area contributed by atoms with Crippen LogP contribution in [0.1, 0.15) is 25.0 Å². The molecule has 0 fully saturated rings. The molecule has 24 heavy (non-hydrogen) atoms. The van der Waals surface area contributed by atoms with Crippen LogP contribution in [0.2, 0.25) is 0 Å². The molecule has 0 aliphatic heterocycles. The van der Waals surface area contributed by atoms with E-state index in [0.29, 0.717) is 18.7 Å². The third-order valence-electron chi connectivity index (χ3n) is 3.61. The van der Waals surface area contributed by atoms with Crippen molar-refractivity contribution in [2.45, 2.75) is 38.2 Å². The number of hydrogen-bond donors (Lipinski definition) is 0. The zero-order valence-electron chi connectivity index (χ0n) is 14.6. The Morgan fingerprint density at radius 3 is 2.46 bits per heavy atom. The molecule has 6 heteroatoms. The second kappa shape index (κ2) is 7.77. The fraction of sp³-hybridized carbons (Fsp3) is 0.389. The first-order chi connectivity index (χ1) is 11.3. The van der Waals surface area contributed by atoms with E-state index in [1.165, 1.54) is 4.31 Å². The molecule has 0 saturated heterocycles. The van der Waals surface area contributed by atoms with E-state index < -0.39 is 10.0 Å². The number of rotatable bonds is 7. The molecule has 5 nitrogen and oxygen atoms in total. The minimum Gasteiger partial charge on any atom is -0.490 e. The minimum absolute atomic E-state index is 0.0937. The Morgan fingerprint density at radius 1 is 1.17 bits per heavy atom. The van der Waals surface area contributed by atoms with Crippen LogP contribution in [0.15, 0.2) is 47.6 Å². The van der Waals surface area contributed by atoms with Gasteiger partial charge in [-0.15, -0.1) is 0 Å². The SMILES string of the molecule is Cc1ccc(OC(C)C)c(S(=O)(=O)N(C)CCc2ccncc2)c1. The topological polar surface area (TPSA) is 59.5 Å². The van der Waals surface area contributed by atoms with Crippen molar-refractivity contribution in [1.82, 2.24) is 9.29 Å². The van der Waals surface area contributed by atoms with Crippen LogP contribution < -0.4 is 4.74 Å². The Bertz CT molecular complexity index is 774. The van der Waals surface area contributed by atoms with Crippen LogP contribution in [0.4, 0.5) is 0 Å². The highest BCUT2D eigenvalue weighted by molar-refractivity contribution is 7.89. The van der Waals surface area contributed by atoms with Gasteiger partial charge in [0.2, 0.25) is 10.0 Å². The zero-order chi connectivity index (χ0) is 17.7. The summed E-state index contributed by atoms with van der Waals surface area (Å²) in [6.07, 6.45) is 3.95. The number of ether oxygens (including phenoxy) is 1. The standard InChI is InChI=1S/C18H24N2O3S/c1-14(2)23-17-6-5-15(3)13-18(17)24(21,22)20(4)12-9-16-7-10-19-11-8-16/h5-8,10-11,13-14H,9,12H2,1-4H3. The van der Waals surface area contributed by atoms with Gasteiger partial charge in [-0.2, -0.15) is 0 Å². The smallest absolute Gasteiger partial charge is 0.246 e. The van der Waals surface area contributed by atoms with E-state index >= 15 is 0 Å². The van der Waals surface area contributed by atoms with Gasteiger partial charge in [-0.25, -0.2) is 12.7 Å². The number of benzene rings is 1. The minimum atomic E-state index is -3.62. The van der Waals surface area contributed by atoms with Gasteiger partial charge in [0.15, 0.2) is 0 Å². The molecule has 1 aromatic heterocycles. The average molecular weight is 348 g/mol. The van der Waals surface area contributed by atoms with Crippen molar-refractivity contribution in [2.75, 3.05) is 13.6 Å². The molecule has 0 radical (unpaired) electrons. The van der Waals surface area contributed by atoms with E-state index in [1.807, 2.05) is 39.0 Å². The first-order valence-electron chi connectivity index (χ1n) is 7.93. The van der Waals surface area contributed by atoms with Crippen molar-refractivity contribution in [1.29, 1.82) is 0 Å². The number of aryl methyl sites for hydroxylation is 1. The predicted octanol–water partition coefficient (Wildman–Crippen LogP) is 3.04. The van der Waals surface area contributed by atoms with Crippen molar-refractivity contribution >= 4 is 10.0 Å². The van der Waals surface area contributed by atoms with Crippen molar-refractivity contribution in [3.05, 3.63) is 53.9 Å². The summed E-state index contributed by atoms with van der Waals surface area (Å²) in [6.45, 7) is 6.02. The van der Waals surface area contributed by atoms with Gasteiger partial charge in [-0.3, -0.25) is 4.98 Å². The molecule has 0 bridgehead atoms. The number of aromatic nitrogens is 1. The predicted molar refractivity (Wildman–Crippen MR) is 94.7 cm³/mol. The Morgan fingerprint density at radius 2 is 1.83 bits per heavy atom. The Balaban J connectivity index is 2.23. The third-order valence-corrected chi connectivity index (χ3v) is 5.49. The molecule has 0 saturated carbocycles. The Hall–Kier alpha value is -1.92. The summed E-state index contributed by atoms with van der Waals surface area (Å²) in [4.78, 5) is 4.19. The van der Waals surface area contributed by atoms with E-state index in [4.69, 9.17) is 4.74 Å². The van der Waals surface area contributed by atoms with E-state index in [9.17, 15) is 8.42 Å². The normalized spacial score (nSPS) is 11.9. The van der Waals surface area contributed by atoms with Gasteiger partial charge in [0, 0.05) is 26.0 Å². The van der Waals surface area contributed by atoms with Gasteiger partial charge in [-0.1, -0.05) is 6.07 Å². The molecule has 2 aromatic rings. The highest BCUT2D eigenvalue weighted by atomic mass is 32.2. The molecule has 0 N–H and O–H groups in total. The van der Waals surface area contributed by atoms with Gasteiger partial charge >= 0.3 is 0 Å². The summed E-state index contributed by atoms with van der Waals surface area (Å²) in [5.74, 6) is 0.395. The maximum absolute atomic E-state index is 12.9. The lowest BCUT2D eigenvalue weighted by Crippen LogP contribution is -2.29. The van der Waals surface area contributed by atoms with Gasteiger partial charge in [0.1, 0.15) is 10.6 Å². The molecule has 0 aliphatic rings. The van der Waals surface area contributed by atoms with E-state index in [-0.39, 0.29) is 11.0 Å². The molecule has 0 amide bonds. The first kappa shape index (κ1) is 18.4. The molecule has 0 spiro atoms. The molecular formula is C18H24N2O3S. The van der Waals surface area contributed by atoms with Crippen LogP contribution in [-0.2, 0) is 16.4 Å². The van der Waals surface area contributed by atoms with E-state index in [1.54, 1.807) is 31.6 Å². The molecule has 0 aliphatic carbocycles. The molecular weight excluding hydrogens is 324 g/mol. The fourth-order valence-electron chi connectivity index (χ4n) is 2.29. The van der Waals surface area contributed by atoms with Crippen LogP contribution in [0, 0.1) is 6.92 Å². The lowest BCUT2D eigenvalue weighted by Gasteiger charge is -2.21. The summed E-state index contributed by atoms with van der Waals surface area (Å²) in [7, 11) is -2.02. The molecule has 2 rings (SSSR count). The maximum Gasteiger partial charge on any atom is 0.246 e. The fourth-order valence-corrected chi connectivity index (χ4v) is 3.66. The molecule has 130 valence electrons. The quantitative estimate of drug-likeness (QED) is 0.772.